The third-order valence-electron chi connectivity index (χ3n) is 2.67. The average molecular weight is 259 g/mol. The van der Waals surface area contributed by atoms with Crippen molar-refractivity contribution >= 4 is 27.3 Å². The second-order valence-corrected chi connectivity index (χ2v) is 4.48. The number of anilines is 2. The van der Waals surface area contributed by atoms with Gasteiger partial charge in [0.15, 0.2) is 0 Å². The van der Waals surface area contributed by atoms with Crippen LogP contribution in [0.4, 0.5) is 15.8 Å². The molecule has 0 saturated heterocycles. The van der Waals surface area contributed by atoms with Crippen molar-refractivity contribution in [2.75, 3.05) is 23.8 Å². The predicted octanol–water partition coefficient (Wildman–Crippen LogP) is 2.84. The summed E-state index contributed by atoms with van der Waals surface area (Å²) in [7, 11) is 2.02. The summed E-state index contributed by atoms with van der Waals surface area (Å²) < 4.78 is 13.7. The highest BCUT2D eigenvalue weighted by molar-refractivity contribution is 9.10. The van der Waals surface area contributed by atoms with Crippen LogP contribution >= 0.6 is 15.9 Å². The first kappa shape index (κ1) is 9.77. The predicted molar refractivity (Wildman–Crippen MR) is 60.5 cm³/mol. The van der Waals surface area contributed by atoms with Gasteiger partial charge in [0.05, 0.1) is 15.8 Å². The molecule has 4 heteroatoms. The lowest BCUT2D eigenvalue weighted by Crippen LogP contribution is -2.39. The highest BCUT2D eigenvalue weighted by Crippen LogP contribution is 2.34. The number of nitrogens with one attached hydrogen (secondary N) is 1. The Labute approximate surface area is 91.2 Å². The highest BCUT2D eigenvalue weighted by atomic mass is 79.9. The molecule has 14 heavy (non-hydrogen) atoms. The summed E-state index contributed by atoms with van der Waals surface area (Å²) in [6, 6.07) is 3.77. The molecule has 0 aliphatic carbocycles. The van der Waals surface area contributed by atoms with Gasteiger partial charge >= 0.3 is 0 Å². The molecule has 1 aliphatic heterocycles. The van der Waals surface area contributed by atoms with E-state index in [0.29, 0.717) is 10.5 Å². The van der Waals surface area contributed by atoms with Crippen LogP contribution in [0.1, 0.15) is 6.92 Å². The van der Waals surface area contributed by atoms with Gasteiger partial charge in [-0.2, -0.15) is 0 Å². The first-order chi connectivity index (χ1) is 6.59. The highest BCUT2D eigenvalue weighted by Gasteiger charge is 2.20. The molecule has 0 bridgehead atoms. The molecule has 0 spiro atoms. The minimum Gasteiger partial charge on any atom is -0.381 e. The molecule has 0 amide bonds. The molecule has 0 fully saturated rings. The van der Waals surface area contributed by atoms with E-state index in [4.69, 9.17) is 0 Å². The summed E-state index contributed by atoms with van der Waals surface area (Å²) in [6.45, 7) is 2.98. The van der Waals surface area contributed by atoms with Crippen LogP contribution in [0.5, 0.6) is 0 Å². The summed E-state index contributed by atoms with van der Waals surface area (Å²) in [6.07, 6.45) is 0. The SMILES string of the molecule is CC1CNc2cc(F)c(Br)cc2N1C. The van der Waals surface area contributed by atoms with Gasteiger partial charge in [-0.3, -0.25) is 0 Å². The second-order valence-electron chi connectivity index (χ2n) is 3.62. The Balaban J connectivity index is 2.50. The molecule has 1 aromatic rings. The fraction of sp³-hybridized carbons (Fsp3) is 0.400. The Morgan fingerprint density at radius 3 is 3.00 bits per heavy atom. The van der Waals surface area contributed by atoms with E-state index >= 15 is 0 Å². The van der Waals surface area contributed by atoms with Crippen molar-refractivity contribution in [1.29, 1.82) is 0 Å². The molecule has 1 aliphatic rings. The van der Waals surface area contributed by atoms with Gasteiger partial charge in [-0.15, -0.1) is 0 Å². The zero-order chi connectivity index (χ0) is 10.3. The molecule has 1 N–H and O–H groups in total. The maximum Gasteiger partial charge on any atom is 0.139 e. The van der Waals surface area contributed by atoms with Crippen molar-refractivity contribution in [3.8, 4) is 0 Å². The minimum absolute atomic E-state index is 0.223. The fourth-order valence-electron chi connectivity index (χ4n) is 1.60. The maximum absolute atomic E-state index is 13.2. The summed E-state index contributed by atoms with van der Waals surface area (Å²) in [5.41, 5.74) is 1.91. The number of hydrogen-bond acceptors (Lipinski definition) is 2. The Hall–Kier alpha value is -0.770. The van der Waals surface area contributed by atoms with Crippen molar-refractivity contribution in [3.63, 3.8) is 0 Å². The molecule has 0 aromatic heterocycles. The van der Waals surface area contributed by atoms with Crippen LogP contribution < -0.4 is 10.2 Å². The van der Waals surface area contributed by atoms with E-state index < -0.39 is 0 Å². The largest absolute Gasteiger partial charge is 0.381 e. The van der Waals surface area contributed by atoms with Gasteiger partial charge in [0.25, 0.3) is 0 Å². The fourth-order valence-corrected chi connectivity index (χ4v) is 1.93. The van der Waals surface area contributed by atoms with Gasteiger partial charge in [-0.1, -0.05) is 0 Å². The van der Waals surface area contributed by atoms with Crippen molar-refractivity contribution in [2.45, 2.75) is 13.0 Å². The first-order valence-electron chi connectivity index (χ1n) is 4.55. The number of rotatable bonds is 0. The van der Waals surface area contributed by atoms with E-state index in [2.05, 4.69) is 33.1 Å². The van der Waals surface area contributed by atoms with Crippen LogP contribution in [0.2, 0.25) is 0 Å². The lowest BCUT2D eigenvalue weighted by atomic mass is 10.1. The van der Waals surface area contributed by atoms with Crippen LogP contribution in [-0.4, -0.2) is 19.6 Å². The molecule has 1 aromatic carbocycles. The van der Waals surface area contributed by atoms with E-state index in [-0.39, 0.29) is 5.82 Å². The van der Waals surface area contributed by atoms with Gasteiger partial charge in [0.1, 0.15) is 5.82 Å². The Kier molecular flexibility index (Phi) is 2.39. The first-order valence-corrected chi connectivity index (χ1v) is 5.34. The molecule has 0 radical (unpaired) electrons. The van der Waals surface area contributed by atoms with E-state index in [1.165, 1.54) is 6.07 Å². The number of likely N-dealkylation sites (N-methyl/N-ethyl adjacent to an activating group) is 1. The van der Waals surface area contributed by atoms with Crippen LogP contribution in [0.3, 0.4) is 0 Å². The van der Waals surface area contributed by atoms with Crippen molar-refractivity contribution in [2.24, 2.45) is 0 Å². The standard InChI is InChI=1S/C10H12BrFN2/c1-6-5-13-9-4-8(12)7(11)3-10(9)14(6)2/h3-4,6,13H,5H2,1-2H3. The van der Waals surface area contributed by atoms with Crippen LogP contribution in [-0.2, 0) is 0 Å². The smallest absolute Gasteiger partial charge is 0.139 e. The van der Waals surface area contributed by atoms with Crippen molar-refractivity contribution < 1.29 is 4.39 Å². The topological polar surface area (TPSA) is 15.3 Å². The number of halogens is 2. The van der Waals surface area contributed by atoms with Crippen LogP contribution in [0.25, 0.3) is 0 Å². The third kappa shape index (κ3) is 1.47. The minimum atomic E-state index is -0.223. The molecule has 0 saturated carbocycles. The zero-order valence-corrected chi connectivity index (χ0v) is 9.73. The molecule has 76 valence electrons. The van der Waals surface area contributed by atoms with E-state index in [1.807, 2.05) is 13.1 Å². The normalized spacial score (nSPS) is 20.3. The quantitative estimate of drug-likeness (QED) is 0.770. The summed E-state index contributed by atoms with van der Waals surface area (Å²) in [5, 5.41) is 3.21. The molecule has 1 heterocycles. The second kappa shape index (κ2) is 3.42. The Bertz CT molecular complexity index is 367. The van der Waals surface area contributed by atoms with Gasteiger partial charge in [-0.05, 0) is 28.9 Å². The number of benzene rings is 1. The van der Waals surface area contributed by atoms with Crippen LogP contribution in [0, 0.1) is 5.82 Å². The molecule has 2 rings (SSSR count). The third-order valence-corrected chi connectivity index (χ3v) is 3.28. The average Bonchev–Trinajstić information content (AvgIpc) is 2.15. The monoisotopic (exact) mass is 258 g/mol. The van der Waals surface area contributed by atoms with Gasteiger partial charge in [-0.25, -0.2) is 4.39 Å². The molecule has 2 nitrogen and oxygen atoms in total. The van der Waals surface area contributed by atoms with Crippen molar-refractivity contribution in [3.05, 3.63) is 22.4 Å². The van der Waals surface area contributed by atoms with Gasteiger partial charge < -0.3 is 10.2 Å². The van der Waals surface area contributed by atoms with E-state index in [0.717, 1.165) is 17.9 Å². The number of hydrogen-bond donors (Lipinski definition) is 1. The van der Waals surface area contributed by atoms with Gasteiger partial charge in [0.2, 0.25) is 0 Å². The van der Waals surface area contributed by atoms with E-state index in [9.17, 15) is 4.39 Å². The molecular weight excluding hydrogens is 247 g/mol. The summed E-state index contributed by atoms with van der Waals surface area (Å²) in [5.74, 6) is -0.223. The van der Waals surface area contributed by atoms with Crippen LogP contribution in [0.15, 0.2) is 16.6 Å². The van der Waals surface area contributed by atoms with Gasteiger partial charge in [0, 0.05) is 25.7 Å². The number of fused-ring (bicyclic) bond motifs is 1. The molecule has 1 atom stereocenters. The number of nitrogens with zero attached hydrogens (tertiary/aromatic N) is 1. The molecule has 1 unspecified atom stereocenters. The lowest BCUT2D eigenvalue weighted by Gasteiger charge is -2.34. The summed E-state index contributed by atoms with van der Waals surface area (Å²) in [4.78, 5) is 2.15. The maximum atomic E-state index is 13.2. The Morgan fingerprint density at radius 2 is 2.29 bits per heavy atom. The molecular formula is C10H12BrFN2. The lowest BCUT2D eigenvalue weighted by molar-refractivity contribution is 0.618. The zero-order valence-electron chi connectivity index (χ0n) is 8.14. The van der Waals surface area contributed by atoms with E-state index in [1.54, 1.807) is 0 Å². The summed E-state index contributed by atoms with van der Waals surface area (Å²) >= 11 is 3.19. The Morgan fingerprint density at radius 1 is 1.57 bits per heavy atom. The van der Waals surface area contributed by atoms with Crippen molar-refractivity contribution in [1.82, 2.24) is 0 Å².